The minimum atomic E-state index is 1.13. The maximum Gasteiger partial charge on any atom is 0.0130 e. The Kier molecular flexibility index (Phi) is 3.99. The molecule has 0 bridgehead atoms. The van der Waals surface area contributed by atoms with Crippen LogP contribution in [0.15, 0.2) is 48.5 Å². The molecule has 82 valence electrons. The maximum atomic E-state index is 2.34. The van der Waals surface area contributed by atoms with Gasteiger partial charge in [-0.2, -0.15) is 0 Å². The van der Waals surface area contributed by atoms with Crippen molar-refractivity contribution >= 4 is 22.6 Å². The van der Waals surface area contributed by atoms with Gasteiger partial charge in [0, 0.05) is 3.57 Å². The third-order valence-corrected chi connectivity index (χ3v) is 3.42. The van der Waals surface area contributed by atoms with E-state index in [4.69, 9.17) is 0 Å². The highest BCUT2D eigenvalue weighted by atomic mass is 127. The van der Waals surface area contributed by atoms with Gasteiger partial charge in [0.1, 0.15) is 0 Å². The second-order valence-corrected chi connectivity index (χ2v) is 5.36. The lowest BCUT2D eigenvalue weighted by atomic mass is 10.0. The van der Waals surface area contributed by atoms with E-state index in [-0.39, 0.29) is 0 Å². The standard InChI is InChI=1S/C15H15I/c1-12-3-2-4-14(11-12)6-5-13-7-9-15(16)10-8-13/h2-4,7-11H,5-6H2,1H3. The van der Waals surface area contributed by atoms with Crippen LogP contribution < -0.4 is 0 Å². The maximum absolute atomic E-state index is 2.34. The first-order valence-electron chi connectivity index (χ1n) is 5.54. The lowest BCUT2D eigenvalue weighted by molar-refractivity contribution is 0.957. The number of hydrogen-bond acceptors (Lipinski definition) is 0. The molecule has 0 spiro atoms. The molecule has 16 heavy (non-hydrogen) atoms. The van der Waals surface area contributed by atoms with Gasteiger partial charge in [-0.1, -0.05) is 42.0 Å². The van der Waals surface area contributed by atoms with E-state index in [0.29, 0.717) is 0 Å². The van der Waals surface area contributed by atoms with Crippen LogP contribution in [-0.4, -0.2) is 0 Å². The van der Waals surface area contributed by atoms with E-state index in [1.54, 1.807) is 0 Å². The molecule has 2 aromatic rings. The fourth-order valence-corrected chi connectivity index (χ4v) is 2.17. The lowest BCUT2D eigenvalue weighted by Gasteiger charge is -2.03. The molecule has 0 aliphatic carbocycles. The van der Waals surface area contributed by atoms with Crippen molar-refractivity contribution < 1.29 is 0 Å². The van der Waals surface area contributed by atoms with Gasteiger partial charge in [-0.15, -0.1) is 0 Å². The number of benzene rings is 2. The monoisotopic (exact) mass is 322 g/mol. The molecule has 0 fully saturated rings. The molecule has 2 aromatic carbocycles. The van der Waals surface area contributed by atoms with E-state index in [1.165, 1.54) is 20.3 Å². The van der Waals surface area contributed by atoms with Crippen LogP contribution in [0.3, 0.4) is 0 Å². The first-order valence-corrected chi connectivity index (χ1v) is 6.62. The first-order chi connectivity index (χ1) is 7.74. The topological polar surface area (TPSA) is 0 Å². The zero-order valence-electron chi connectivity index (χ0n) is 9.41. The van der Waals surface area contributed by atoms with Crippen LogP contribution in [0.25, 0.3) is 0 Å². The summed E-state index contributed by atoms with van der Waals surface area (Å²) in [5.74, 6) is 0. The molecule has 2 rings (SSSR count). The summed E-state index contributed by atoms with van der Waals surface area (Å²) in [6.07, 6.45) is 2.25. The SMILES string of the molecule is Cc1cccc(CCc2ccc(I)cc2)c1. The van der Waals surface area contributed by atoms with Gasteiger partial charge in [-0.3, -0.25) is 0 Å². The van der Waals surface area contributed by atoms with E-state index >= 15 is 0 Å². The van der Waals surface area contributed by atoms with Crippen molar-refractivity contribution in [1.29, 1.82) is 0 Å². The van der Waals surface area contributed by atoms with Crippen molar-refractivity contribution in [2.75, 3.05) is 0 Å². The molecule has 0 N–H and O–H groups in total. The van der Waals surface area contributed by atoms with E-state index in [1.807, 2.05) is 0 Å². The molecule has 0 aliphatic rings. The smallest absolute Gasteiger partial charge is 0.0130 e. The van der Waals surface area contributed by atoms with Gasteiger partial charge in [0.2, 0.25) is 0 Å². The molecule has 0 amide bonds. The average Bonchev–Trinajstić information content (AvgIpc) is 2.28. The highest BCUT2D eigenvalue weighted by Gasteiger charge is 1.96. The zero-order valence-corrected chi connectivity index (χ0v) is 11.6. The van der Waals surface area contributed by atoms with Crippen molar-refractivity contribution in [2.24, 2.45) is 0 Å². The second-order valence-electron chi connectivity index (χ2n) is 4.12. The summed E-state index contributed by atoms with van der Waals surface area (Å²) in [6.45, 7) is 2.15. The van der Waals surface area contributed by atoms with Crippen LogP contribution in [0, 0.1) is 10.5 Å². The van der Waals surface area contributed by atoms with Gasteiger partial charge in [0.15, 0.2) is 0 Å². The van der Waals surface area contributed by atoms with Crippen LogP contribution in [0.1, 0.15) is 16.7 Å². The number of aryl methyl sites for hydroxylation is 3. The molecule has 0 atom stereocenters. The summed E-state index contributed by atoms with van der Waals surface area (Å²) in [6, 6.07) is 17.5. The molecule has 0 aromatic heterocycles. The molecule has 0 heterocycles. The van der Waals surface area contributed by atoms with E-state index in [0.717, 1.165) is 12.8 Å². The third-order valence-electron chi connectivity index (χ3n) is 2.70. The normalized spacial score (nSPS) is 10.4. The minimum Gasteiger partial charge on any atom is -0.0617 e. The van der Waals surface area contributed by atoms with Crippen LogP contribution in [0.4, 0.5) is 0 Å². The number of halogens is 1. The van der Waals surface area contributed by atoms with Gasteiger partial charge in [-0.05, 0) is 65.6 Å². The Balaban J connectivity index is 1.99. The Morgan fingerprint density at radius 2 is 1.56 bits per heavy atom. The summed E-state index contributed by atoms with van der Waals surface area (Å²) < 4.78 is 1.30. The highest BCUT2D eigenvalue weighted by molar-refractivity contribution is 14.1. The number of rotatable bonds is 3. The molecule has 0 saturated heterocycles. The Morgan fingerprint density at radius 3 is 2.25 bits per heavy atom. The summed E-state index contributed by atoms with van der Waals surface area (Å²) in [5.41, 5.74) is 4.19. The van der Waals surface area contributed by atoms with Crippen molar-refractivity contribution in [2.45, 2.75) is 19.8 Å². The molecule has 0 saturated carbocycles. The largest absolute Gasteiger partial charge is 0.0617 e. The molecular weight excluding hydrogens is 307 g/mol. The summed E-state index contributed by atoms with van der Waals surface area (Å²) >= 11 is 2.34. The first kappa shape index (κ1) is 11.6. The fraction of sp³-hybridized carbons (Fsp3) is 0.200. The molecule has 1 heteroatoms. The average molecular weight is 322 g/mol. The Hall–Kier alpha value is -0.830. The van der Waals surface area contributed by atoms with E-state index < -0.39 is 0 Å². The van der Waals surface area contributed by atoms with Crippen molar-refractivity contribution in [3.05, 3.63) is 68.8 Å². The predicted octanol–water partition coefficient (Wildman–Crippen LogP) is 4.38. The van der Waals surface area contributed by atoms with Crippen LogP contribution in [0.5, 0.6) is 0 Å². The number of hydrogen-bond donors (Lipinski definition) is 0. The Morgan fingerprint density at radius 1 is 0.875 bits per heavy atom. The van der Waals surface area contributed by atoms with E-state index in [2.05, 4.69) is 78.0 Å². The quantitative estimate of drug-likeness (QED) is 0.736. The molecule has 0 radical (unpaired) electrons. The van der Waals surface area contributed by atoms with Crippen molar-refractivity contribution in [3.8, 4) is 0 Å². The zero-order chi connectivity index (χ0) is 11.4. The highest BCUT2D eigenvalue weighted by Crippen LogP contribution is 2.11. The van der Waals surface area contributed by atoms with Crippen LogP contribution in [0.2, 0.25) is 0 Å². The summed E-state index contributed by atoms with van der Waals surface area (Å²) in [7, 11) is 0. The van der Waals surface area contributed by atoms with Crippen LogP contribution in [-0.2, 0) is 12.8 Å². The molecular formula is C15H15I. The van der Waals surface area contributed by atoms with Gasteiger partial charge in [0.25, 0.3) is 0 Å². The molecule has 0 aliphatic heterocycles. The Labute approximate surface area is 111 Å². The van der Waals surface area contributed by atoms with Gasteiger partial charge in [-0.25, -0.2) is 0 Å². The van der Waals surface area contributed by atoms with Gasteiger partial charge >= 0.3 is 0 Å². The summed E-state index contributed by atoms with van der Waals surface area (Å²) in [4.78, 5) is 0. The van der Waals surface area contributed by atoms with Crippen molar-refractivity contribution in [3.63, 3.8) is 0 Å². The lowest BCUT2D eigenvalue weighted by Crippen LogP contribution is -1.91. The Bertz CT molecular complexity index is 457. The van der Waals surface area contributed by atoms with Crippen molar-refractivity contribution in [1.82, 2.24) is 0 Å². The second kappa shape index (κ2) is 5.48. The fourth-order valence-electron chi connectivity index (χ4n) is 1.81. The van der Waals surface area contributed by atoms with Gasteiger partial charge in [0.05, 0.1) is 0 Å². The van der Waals surface area contributed by atoms with E-state index in [9.17, 15) is 0 Å². The van der Waals surface area contributed by atoms with Crippen LogP contribution >= 0.6 is 22.6 Å². The third kappa shape index (κ3) is 3.34. The minimum absolute atomic E-state index is 1.13. The summed E-state index contributed by atoms with van der Waals surface area (Å²) in [5, 5.41) is 0. The predicted molar refractivity (Wildman–Crippen MR) is 77.7 cm³/mol. The van der Waals surface area contributed by atoms with Gasteiger partial charge < -0.3 is 0 Å². The molecule has 0 unspecified atom stereocenters. The molecule has 0 nitrogen and oxygen atoms in total.